The zero-order chi connectivity index (χ0) is 17.4. The Morgan fingerprint density at radius 3 is 2.60 bits per heavy atom. The van der Waals surface area contributed by atoms with Crippen LogP contribution in [-0.2, 0) is 0 Å². The molecule has 0 atom stereocenters. The number of halogens is 3. The first-order valence-electron chi connectivity index (χ1n) is 8.07. The van der Waals surface area contributed by atoms with Gasteiger partial charge in [0, 0.05) is 36.1 Å². The van der Waals surface area contributed by atoms with Gasteiger partial charge in [0.15, 0.2) is 5.82 Å². The predicted molar refractivity (Wildman–Crippen MR) is 87.5 cm³/mol. The van der Waals surface area contributed by atoms with E-state index in [4.69, 9.17) is 0 Å². The lowest BCUT2D eigenvalue weighted by atomic mass is 10.2. The van der Waals surface area contributed by atoms with Gasteiger partial charge in [-0.2, -0.15) is 5.10 Å². The molecule has 2 aliphatic rings. The Labute approximate surface area is 142 Å². The molecule has 8 heteroatoms. The van der Waals surface area contributed by atoms with Crippen LogP contribution in [0.1, 0.15) is 24.5 Å². The van der Waals surface area contributed by atoms with Crippen LogP contribution in [0.25, 0.3) is 0 Å². The fourth-order valence-corrected chi connectivity index (χ4v) is 2.86. The average Bonchev–Trinajstić information content (AvgIpc) is 3.31. The minimum Gasteiger partial charge on any atom is -0.406 e. The van der Waals surface area contributed by atoms with Gasteiger partial charge >= 0.3 is 6.36 Å². The zero-order valence-corrected chi connectivity index (χ0v) is 13.3. The number of hydrogen-bond acceptors (Lipinski definition) is 4. The van der Waals surface area contributed by atoms with Gasteiger partial charge in [-0.3, -0.25) is 5.10 Å². The Hall–Kier alpha value is -2.64. The molecule has 0 unspecified atom stereocenters. The van der Waals surface area contributed by atoms with Crippen molar-refractivity contribution in [3.8, 4) is 5.75 Å². The number of alkyl halides is 3. The van der Waals surface area contributed by atoms with Crippen molar-refractivity contribution < 1.29 is 17.9 Å². The molecule has 1 N–H and O–H groups in total. The van der Waals surface area contributed by atoms with E-state index in [-0.39, 0.29) is 5.75 Å². The van der Waals surface area contributed by atoms with Crippen LogP contribution in [0, 0.1) is 0 Å². The summed E-state index contributed by atoms with van der Waals surface area (Å²) >= 11 is 0. The van der Waals surface area contributed by atoms with Crippen LogP contribution in [0.4, 0.5) is 24.7 Å². The van der Waals surface area contributed by atoms with Crippen LogP contribution < -0.4 is 14.5 Å². The molecule has 5 nitrogen and oxygen atoms in total. The van der Waals surface area contributed by atoms with Gasteiger partial charge in [-0.1, -0.05) is 0 Å². The van der Waals surface area contributed by atoms with E-state index in [1.165, 1.54) is 25.0 Å². The topological polar surface area (TPSA) is 44.4 Å². The highest BCUT2D eigenvalue weighted by molar-refractivity contribution is 5.54. The second-order valence-electron chi connectivity index (χ2n) is 6.22. The number of rotatable bonds is 4. The molecule has 1 aliphatic carbocycles. The van der Waals surface area contributed by atoms with Crippen molar-refractivity contribution in [2.75, 3.05) is 23.0 Å². The van der Waals surface area contributed by atoms with Crippen LogP contribution in [-0.4, -0.2) is 29.8 Å². The summed E-state index contributed by atoms with van der Waals surface area (Å²) in [5, 5.41) is 7.44. The summed E-state index contributed by atoms with van der Waals surface area (Å²) in [5.74, 6) is 1.23. The van der Waals surface area contributed by atoms with E-state index in [0.717, 1.165) is 17.2 Å². The van der Waals surface area contributed by atoms with Crippen molar-refractivity contribution in [1.82, 2.24) is 10.2 Å². The van der Waals surface area contributed by atoms with Crippen molar-refractivity contribution >= 4 is 11.5 Å². The van der Waals surface area contributed by atoms with E-state index < -0.39 is 6.36 Å². The molecular weight excluding hydrogens is 333 g/mol. The van der Waals surface area contributed by atoms with E-state index >= 15 is 0 Å². The molecule has 2 aromatic rings. The van der Waals surface area contributed by atoms with Crippen molar-refractivity contribution in [1.29, 1.82) is 0 Å². The van der Waals surface area contributed by atoms with E-state index in [9.17, 15) is 13.2 Å². The Bertz CT molecular complexity index is 765. The Balaban J connectivity index is 1.45. The first kappa shape index (κ1) is 15.9. The highest BCUT2D eigenvalue weighted by atomic mass is 19.4. The number of benzene rings is 1. The Kier molecular flexibility index (Phi) is 3.82. The van der Waals surface area contributed by atoms with E-state index in [0.29, 0.717) is 19.1 Å². The van der Waals surface area contributed by atoms with Crippen molar-refractivity contribution in [3.05, 3.63) is 48.3 Å². The number of nitrogens with zero attached hydrogens (tertiary/aromatic N) is 3. The number of anilines is 2. The maximum atomic E-state index is 12.2. The number of H-pyrrole nitrogens is 1. The van der Waals surface area contributed by atoms with Gasteiger partial charge in [-0.05, 0) is 43.2 Å². The smallest absolute Gasteiger partial charge is 0.406 e. The predicted octanol–water partition coefficient (Wildman–Crippen LogP) is 3.98. The highest BCUT2D eigenvalue weighted by Gasteiger charge is 2.31. The zero-order valence-electron chi connectivity index (χ0n) is 13.3. The molecule has 0 radical (unpaired) electrons. The van der Waals surface area contributed by atoms with Crippen molar-refractivity contribution in [2.24, 2.45) is 0 Å². The molecule has 4 rings (SSSR count). The number of hydrogen-bond donors (Lipinski definition) is 1. The lowest BCUT2D eigenvalue weighted by Crippen LogP contribution is -2.39. The van der Waals surface area contributed by atoms with Crippen molar-refractivity contribution in [3.63, 3.8) is 0 Å². The van der Waals surface area contributed by atoms with Crippen LogP contribution in [0.3, 0.4) is 0 Å². The third-order valence-electron chi connectivity index (χ3n) is 4.27. The van der Waals surface area contributed by atoms with Crippen molar-refractivity contribution in [2.45, 2.75) is 25.1 Å². The fourth-order valence-electron chi connectivity index (χ4n) is 2.86. The lowest BCUT2D eigenvalue weighted by molar-refractivity contribution is -0.274. The first-order valence-corrected chi connectivity index (χ1v) is 8.07. The van der Waals surface area contributed by atoms with Crippen LogP contribution in [0.15, 0.2) is 42.6 Å². The number of nitrogens with one attached hydrogen (secondary N) is 1. The van der Waals surface area contributed by atoms with E-state index in [1.54, 1.807) is 12.1 Å². The monoisotopic (exact) mass is 350 g/mol. The number of aromatic amines is 1. The third-order valence-corrected chi connectivity index (χ3v) is 4.27. The van der Waals surface area contributed by atoms with Gasteiger partial charge in [-0.25, -0.2) is 0 Å². The largest absolute Gasteiger partial charge is 0.573 e. The molecule has 1 aliphatic heterocycles. The van der Waals surface area contributed by atoms with Gasteiger partial charge in [-0.15, -0.1) is 13.2 Å². The fraction of sp³-hybridized carbons (Fsp3) is 0.353. The molecular formula is C17H17F3N4O. The summed E-state index contributed by atoms with van der Waals surface area (Å²) in [6.45, 7) is 1.25. The van der Waals surface area contributed by atoms with Gasteiger partial charge in [0.05, 0.1) is 6.67 Å². The summed E-state index contributed by atoms with van der Waals surface area (Å²) in [6.07, 6.45) is 1.71. The Morgan fingerprint density at radius 2 is 1.92 bits per heavy atom. The molecule has 0 amide bonds. The minimum atomic E-state index is -4.68. The Morgan fingerprint density at radius 1 is 1.16 bits per heavy atom. The molecule has 2 heterocycles. The maximum absolute atomic E-state index is 12.2. The third kappa shape index (κ3) is 3.72. The molecule has 1 aromatic heterocycles. The highest BCUT2D eigenvalue weighted by Crippen LogP contribution is 2.40. The summed E-state index contributed by atoms with van der Waals surface area (Å²) < 4.78 is 40.6. The van der Waals surface area contributed by atoms with Gasteiger partial charge in [0.1, 0.15) is 5.75 Å². The molecule has 1 aromatic carbocycles. The quantitative estimate of drug-likeness (QED) is 0.906. The lowest BCUT2D eigenvalue weighted by Gasteiger charge is -2.33. The number of aromatic nitrogens is 2. The second-order valence-corrected chi connectivity index (χ2v) is 6.22. The van der Waals surface area contributed by atoms with Gasteiger partial charge in [0.2, 0.25) is 0 Å². The maximum Gasteiger partial charge on any atom is 0.573 e. The number of ether oxygens (including phenoxy) is 1. The van der Waals surface area contributed by atoms with Crippen LogP contribution >= 0.6 is 0 Å². The van der Waals surface area contributed by atoms with Crippen LogP contribution in [0.5, 0.6) is 5.75 Å². The van der Waals surface area contributed by atoms with E-state index in [2.05, 4.69) is 21.0 Å². The molecule has 25 heavy (non-hydrogen) atoms. The average molecular weight is 350 g/mol. The molecule has 132 valence electrons. The normalized spacial score (nSPS) is 17.9. The molecule has 0 spiro atoms. The minimum absolute atomic E-state index is 0.220. The molecule has 1 saturated carbocycles. The van der Waals surface area contributed by atoms with Gasteiger partial charge in [0.25, 0.3) is 0 Å². The standard InChI is InChI=1S/C17H17F3N4O/c18-17(19,20)25-14-6-4-13(5-7-14)23-8-1-9-24(11-23)16-10-15(21-22-16)12-2-3-12/h1,4-7,9-10,12H,2-3,8,11H2,(H,21,22). The van der Waals surface area contributed by atoms with Crippen LogP contribution in [0.2, 0.25) is 0 Å². The molecule has 0 saturated heterocycles. The molecule has 0 bridgehead atoms. The second kappa shape index (κ2) is 6.02. The summed E-state index contributed by atoms with van der Waals surface area (Å²) in [5.41, 5.74) is 1.98. The SMILES string of the molecule is FC(F)(F)Oc1ccc(N2CC=CN(c3cc(C4CC4)[nH]n3)C2)cc1. The van der Waals surface area contributed by atoms with E-state index in [1.807, 2.05) is 22.1 Å². The summed E-state index contributed by atoms with van der Waals surface area (Å²) in [6, 6.07) is 7.96. The molecule has 1 fully saturated rings. The summed E-state index contributed by atoms with van der Waals surface area (Å²) in [7, 11) is 0. The summed E-state index contributed by atoms with van der Waals surface area (Å²) in [4.78, 5) is 4.05. The van der Waals surface area contributed by atoms with Gasteiger partial charge < -0.3 is 14.5 Å². The first-order chi connectivity index (χ1) is 12.0.